The first-order valence-corrected chi connectivity index (χ1v) is 5.98. The van der Waals surface area contributed by atoms with E-state index >= 15 is 0 Å². The summed E-state index contributed by atoms with van der Waals surface area (Å²) < 4.78 is 0. The van der Waals surface area contributed by atoms with Crippen LogP contribution in [0.4, 0.5) is 11.5 Å². The Morgan fingerprint density at radius 2 is 1.83 bits per heavy atom. The van der Waals surface area contributed by atoms with E-state index in [0.29, 0.717) is 5.82 Å². The summed E-state index contributed by atoms with van der Waals surface area (Å²) in [6, 6.07) is 10.2. The summed E-state index contributed by atoms with van der Waals surface area (Å²) in [5.41, 5.74) is 10.1. The first kappa shape index (κ1) is 11.0. The summed E-state index contributed by atoms with van der Waals surface area (Å²) in [4.78, 5) is 8.60. The van der Waals surface area contributed by atoms with Crippen molar-refractivity contribution in [2.45, 2.75) is 19.3 Å². The minimum Gasteiger partial charge on any atom is -0.384 e. The van der Waals surface area contributed by atoms with Gasteiger partial charge in [-0.15, -0.1) is 0 Å². The van der Waals surface area contributed by atoms with Crippen LogP contribution in [0.3, 0.4) is 0 Å². The smallest absolute Gasteiger partial charge is 0.123 e. The van der Waals surface area contributed by atoms with E-state index in [9.17, 15) is 0 Å². The number of aromatic nitrogens is 1. The predicted molar refractivity (Wildman–Crippen MR) is 75.3 cm³/mol. The van der Waals surface area contributed by atoms with Gasteiger partial charge in [0.15, 0.2) is 0 Å². The summed E-state index contributed by atoms with van der Waals surface area (Å²) in [6.07, 6.45) is 3.80. The summed E-state index contributed by atoms with van der Waals surface area (Å²) in [7, 11) is 0. The molecule has 2 aromatic rings. The molecule has 0 aliphatic carbocycles. The van der Waals surface area contributed by atoms with E-state index in [-0.39, 0.29) is 5.41 Å². The Hall–Kier alpha value is -2.16. The molecule has 0 spiro atoms. The molecule has 0 radical (unpaired) electrons. The minimum absolute atomic E-state index is 0.0349. The van der Waals surface area contributed by atoms with Gasteiger partial charge in [-0.2, -0.15) is 0 Å². The van der Waals surface area contributed by atoms with Crippen LogP contribution in [0.1, 0.15) is 19.4 Å². The number of benzene rings is 1. The normalized spacial score (nSPS) is 15.7. The fourth-order valence-corrected chi connectivity index (χ4v) is 2.24. The fourth-order valence-electron chi connectivity index (χ4n) is 2.24. The van der Waals surface area contributed by atoms with E-state index < -0.39 is 0 Å². The SMILES string of the molecule is CC1(C)C=Nc2cc(-c3ccc(N)nc3)ccc21. The van der Waals surface area contributed by atoms with Crippen LogP contribution in [0, 0.1) is 0 Å². The molecule has 1 aliphatic rings. The molecule has 0 saturated carbocycles. The summed E-state index contributed by atoms with van der Waals surface area (Å²) in [6.45, 7) is 4.35. The van der Waals surface area contributed by atoms with E-state index in [0.717, 1.165) is 16.8 Å². The Morgan fingerprint density at radius 1 is 1.06 bits per heavy atom. The van der Waals surface area contributed by atoms with Crippen LogP contribution in [0.25, 0.3) is 11.1 Å². The molecule has 0 fully saturated rings. The zero-order chi connectivity index (χ0) is 12.8. The molecule has 1 aliphatic heterocycles. The highest BCUT2D eigenvalue weighted by molar-refractivity contribution is 5.86. The average Bonchev–Trinajstić information content (AvgIpc) is 2.66. The zero-order valence-electron chi connectivity index (χ0n) is 10.5. The second kappa shape index (κ2) is 3.67. The van der Waals surface area contributed by atoms with Gasteiger partial charge in [0.05, 0.1) is 5.69 Å². The van der Waals surface area contributed by atoms with Gasteiger partial charge in [0.1, 0.15) is 5.82 Å². The molecule has 18 heavy (non-hydrogen) atoms. The first-order chi connectivity index (χ1) is 8.56. The van der Waals surface area contributed by atoms with Gasteiger partial charge in [-0.05, 0) is 29.3 Å². The number of aliphatic imine (C=N–C) groups is 1. The van der Waals surface area contributed by atoms with Gasteiger partial charge in [-0.25, -0.2) is 4.98 Å². The molecule has 90 valence electrons. The maximum atomic E-state index is 5.60. The van der Waals surface area contributed by atoms with Crippen LogP contribution >= 0.6 is 0 Å². The standard InChI is InChI=1S/C15H15N3/c1-15(2)9-18-13-7-10(3-5-12(13)15)11-4-6-14(16)17-8-11/h3-9H,1-2H3,(H2,16,17). The van der Waals surface area contributed by atoms with Gasteiger partial charge >= 0.3 is 0 Å². The molecule has 2 heterocycles. The lowest BCUT2D eigenvalue weighted by atomic mass is 9.86. The summed E-state index contributed by atoms with van der Waals surface area (Å²) in [5.74, 6) is 0.541. The van der Waals surface area contributed by atoms with Crippen molar-refractivity contribution in [3.63, 3.8) is 0 Å². The van der Waals surface area contributed by atoms with Gasteiger partial charge in [0.2, 0.25) is 0 Å². The predicted octanol–water partition coefficient (Wildman–Crippen LogP) is 3.32. The van der Waals surface area contributed by atoms with Gasteiger partial charge in [0, 0.05) is 23.4 Å². The number of nitrogen functional groups attached to an aromatic ring is 1. The Morgan fingerprint density at radius 3 is 2.56 bits per heavy atom. The van der Waals surface area contributed by atoms with Crippen molar-refractivity contribution < 1.29 is 0 Å². The zero-order valence-corrected chi connectivity index (χ0v) is 10.5. The highest BCUT2D eigenvalue weighted by atomic mass is 14.8. The van der Waals surface area contributed by atoms with Crippen LogP contribution in [-0.2, 0) is 5.41 Å². The summed E-state index contributed by atoms with van der Waals surface area (Å²) >= 11 is 0. The summed E-state index contributed by atoms with van der Waals surface area (Å²) in [5, 5.41) is 0. The molecule has 0 unspecified atom stereocenters. The second-order valence-electron chi connectivity index (χ2n) is 5.18. The molecule has 0 atom stereocenters. The minimum atomic E-state index is 0.0349. The average molecular weight is 237 g/mol. The quantitative estimate of drug-likeness (QED) is 0.827. The molecule has 3 rings (SSSR count). The van der Waals surface area contributed by atoms with Crippen molar-refractivity contribution in [1.29, 1.82) is 0 Å². The Bertz CT molecular complexity index is 625. The molecule has 1 aromatic carbocycles. The lowest BCUT2D eigenvalue weighted by Gasteiger charge is -2.15. The third kappa shape index (κ3) is 1.68. The van der Waals surface area contributed by atoms with Crippen LogP contribution in [0.2, 0.25) is 0 Å². The number of anilines is 1. The largest absolute Gasteiger partial charge is 0.384 e. The maximum Gasteiger partial charge on any atom is 0.123 e. The molecule has 3 heteroatoms. The van der Waals surface area contributed by atoms with E-state index in [1.54, 1.807) is 6.20 Å². The van der Waals surface area contributed by atoms with Gasteiger partial charge in [-0.3, -0.25) is 4.99 Å². The van der Waals surface area contributed by atoms with E-state index in [1.807, 2.05) is 18.3 Å². The van der Waals surface area contributed by atoms with Crippen LogP contribution in [0.5, 0.6) is 0 Å². The van der Waals surface area contributed by atoms with Crippen molar-refractivity contribution in [1.82, 2.24) is 4.98 Å². The number of nitrogens with two attached hydrogens (primary N) is 1. The molecular formula is C15H15N3. The van der Waals surface area contributed by atoms with Crippen LogP contribution in [-0.4, -0.2) is 11.2 Å². The molecule has 1 aromatic heterocycles. The molecule has 3 nitrogen and oxygen atoms in total. The monoisotopic (exact) mass is 237 g/mol. The molecule has 0 amide bonds. The number of fused-ring (bicyclic) bond motifs is 1. The first-order valence-electron chi connectivity index (χ1n) is 5.98. The molecule has 2 N–H and O–H groups in total. The Balaban J connectivity index is 2.07. The van der Waals surface area contributed by atoms with Crippen LogP contribution in [0.15, 0.2) is 41.5 Å². The van der Waals surface area contributed by atoms with E-state index in [1.165, 1.54) is 5.56 Å². The lowest BCUT2D eigenvalue weighted by molar-refractivity contribution is 0.753. The Labute approximate surface area is 106 Å². The van der Waals surface area contributed by atoms with Crippen molar-refractivity contribution in [3.8, 4) is 11.1 Å². The van der Waals surface area contributed by atoms with E-state index in [4.69, 9.17) is 5.73 Å². The number of hydrogen-bond acceptors (Lipinski definition) is 3. The lowest BCUT2D eigenvalue weighted by Crippen LogP contribution is -2.14. The van der Waals surface area contributed by atoms with Gasteiger partial charge in [0.25, 0.3) is 0 Å². The van der Waals surface area contributed by atoms with Crippen LogP contribution < -0.4 is 5.73 Å². The Kier molecular flexibility index (Phi) is 2.23. The number of hydrogen-bond donors (Lipinski definition) is 1. The van der Waals surface area contributed by atoms with Crippen molar-refractivity contribution in [2.24, 2.45) is 4.99 Å². The number of nitrogens with zero attached hydrogens (tertiary/aromatic N) is 2. The van der Waals surface area contributed by atoms with Gasteiger partial charge < -0.3 is 5.73 Å². The third-order valence-electron chi connectivity index (χ3n) is 3.34. The van der Waals surface area contributed by atoms with Gasteiger partial charge in [-0.1, -0.05) is 26.0 Å². The van der Waals surface area contributed by atoms with Crippen molar-refractivity contribution in [2.75, 3.05) is 5.73 Å². The number of rotatable bonds is 1. The third-order valence-corrected chi connectivity index (χ3v) is 3.34. The maximum absolute atomic E-state index is 5.60. The molecular weight excluding hydrogens is 222 g/mol. The molecule has 0 bridgehead atoms. The van der Waals surface area contributed by atoms with E-state index in [2.05, 4.69) is 42.0 Å². The molecule has 0 saturated heterocycles. The van der Waals surface area contributed by atoms with Crippen molar-refractivity contribution >= 4 is 17.7 Å². The number of pyridine rings is 1. The second-order valence-corrected chi connectivity index (χ2v) is 5.18. The highest BCUT2D eigenvalue weighted by Crippen LogP contribution is 2.38. The fraction of sp³-hybridized carbons (Fsp3) is 0.200. The highest BCUT2D eigenvalue weighted by Gasteiger charge is 2.26. The van der Waals surface area contributed by atoms with Crippen molar-refractivity contribution in [3.05, 3.63) is 42.1 Å². The topological polar surface area (TPSA) is 51.3 Å².